The Bertz CT molecular complexity index is 584. The van der Waals surface area contributed by atoms with Gasteiger partial charge >= 0.3 is 107 Å². The second-order valence-electron chi connectivity index (χ2n) is 4.73. The number of aromatic nitrogens is 1. The number of rotatable bonds is 1. The zero-order valence-electron chi connectivity index (χ0n) is 9.76. The van der Waals surface area contributed by atoms with Crippen molar-refractivity contribution in [2.75, 3.05) is 0 Å². The maximum absolute atomic E-state index is 12.2. The van der Waals surface area contributed by atoms with Crippen molar-refractivity contribution in [3.63, 3.8) is 0 Å². The van der Waals surface area contributed by atoms with E-state index in [1.165, 1.54) is 41.8 Å². The van der Waals surface area contributed by atoms with Crippen LogP contribution in [0.25, 0.3) is 9.65 Å². The molecule has 2 aromatic rings. The molecule has 1 aromatic carbocycles. The van der Waals surface area contributed by atoms with Gasteiger partial charge < -0.3 is 0 Å². The van der Waals surface area contributed by atoms with Gasteiger partial charge in [-0.1, -0.05) is 0 Å². The van der Waals surface area contributed by atoms with Crippen LogP contribution in [0.1, 0.15) is 38.1 Å². The molecule has 17 heavy (non-hydrogen) atoms. The first-order valence-electron chi connectivity index (χ1n) is 6.28. The first-order chi connectivity index (χ1) is 8.34. The second kappa shape index (κ2) is 4.75. The van der Waals surface area contributed by atoms with E-state index in [4.69, 9.17) is 0 Å². The van der Waals surface area contributed by atoms with Crippen LogP contribution >= 0.6 is 0 Å². The summed E-state index contributed by atoms with van der Waals surface area (Å²) in [6, 6.07) is 8.76. The third-order valence-electron chi connectivity index (χ3n) is 3.57. The molecule has 0 N–H and O–H groups in total. The summed E-state index contributed by atoms with van der Waals surface area (Å²) >= 11 is -0.0250. The van der Waals surface area contributed by atoms with Crippen LogP contribution in [0.15, 0.2) is 35.3 Å². The van der Waals surface area contributed by atoms with E-state index < -0.39 is 0 Å². The van der Waals surface area contributed by atoms with Crippen LogP contribution in [0.2, 0.25) is 0 Å². The summed E-state index contributed by atoms with van der Waals surface area (Å²) < 4.78 is 3.60. The van der Waals surface area contributed by atoms with Gasteiger partial charge in [0.1, 0.15) is 0 Å². The SMILES string of the molecule is O=c1[se]c2ccccc2c[n+]1C1CCCCC1. The van der Waals surface area contributed by atoms with Crippen molar-refractivity contribution in [1.82, 2.24) is 0 Å². The van der Waals surface area contributed by atoms with Crippen molar-refractivity contribution in [3.05, 3.63) is 39.7 Å². The molecule has 1 fully saturated rings. The third kappa shape index (κ3) is 2.22. The zero-order chi connectivity index (χ0) is 11.7. The van der Waals surface area contributed by atoms with Crippen molar-refractivity contribution in [2.45, 2.75) is 38.1 Å². The summed E-state index contributed by atoms with van der Waals surface area (Å²) in [7, 11) is 0. The minimum atomic E-state index is -0.0250. The fourth-order valence-corrected chi connectivity index (χ4v) is 4.49. The van der Waals surface area contributed by atoms with E-state index >= 15 is 0 Å². The number of benzene rings is 1. The van der Waals surface area contributed by atoms with Gasteiger partial charge in [-0.15, -0.1) is 0 Å². The molecule has 0 atom stereocenters. The molecule has 0 unspecified atom stereocenters. The molecule has 1 aromatic heterocycles. The van der Waals surface area contributed by atoms with Crippen molar-refractivity contribution < 1.29 is 4.57 Å². The molecule has 3 rings (SSSR count). The monoisotopic (exact) mass is 294 g/mol. The first kappa shape index (κ1) is 11.2. The van der Waals surface area contributed by atoms with Gasteiger partial charge in [0, 0.05) is 0 Å². The molecule has 1 aliphatic carbocycles. The summed E-state index contributed by atoms with van der Waals surface area (Å²) in [5.74, 6) is 0. The minimum absolute atomic E-state index is 0.0250. The molecule has 1 aliphatic rings. The Balaban J connectivity index is 2.09. The van der Waals surface area contributed by atoms with E-state index in [0.29, 0.717) is 10.5 Å². The summed E-state index contributed by atoms with van der Waals surface area (Å²) in [5.41, 5.74) is 0. The number of hydrogen-bond acceptors (Lipinski definition) is 1. The van der Waals surface area contributed by atoms with E-state index in [0.717, 1.165) is 0 Å². The molecule has 3 heteroatoms. The van der Waals surface area contributed by atoms with E-state index in [9.17, 15) is 4.79 Å². The molecule has 0 spiro atoms. The van der Waals surface area contributed by atoms with Gasteiger partial charge in [-0.3, -0.25) is 0 Å². The Hall–Kier alpha value is -0.921. The van der Waals surface area contributed by atoms with Gasteiger partial charge in [0.2, 0.25) is 0 Å². The summed E-state index contributed by atoms with van der Waals surface area (Å²) in [4.78, 5) is 12.2. The standard InChI is InChI=1S/C14H16NOSe/c16-14-15(12-7-2-1-3-8-12)10-11-6-4-5-9-13(11)17-14/h4-6,9-10,12H,1-3,7-8H2/q+1. The molecule has 1 heterocycles. The van der Waals surface area contributed by atoms with Crippen LogP contribution in [0, 0.1) is 0 Å². The Kier molecular flexibility index (Phi) is 3.13. The zero-order valence-corrected chi connectivity index (χ0v) is 11.5. The number of hydrogen-bond donors (Lipinski definition) is 0. The fraction of sp³-hybridized carbons (Fsp3) is 0.429. The maximum atomic E-state index is 12.2. The third-order valence-corrected chi connectivity index (χ3v) is 5.62. The second-order valence-corrected chi connectivity index (χ2v) is 6.82. The summed E-state index contributed by atoms with van der Waals surface area (Å²) in [6.07, 6.45) is 8.33. The van der Waals surface area contributed by atoms with Gasteiger partial charge in [-0.05, 0) is 0 Å². The van der Waals surface area contributed by atoms with E-state index in [2.05, 4.69) is 24.4 Å². The van der Waals surface area contributed by atoms with Crippen LogP contribution in [0.3, 0.4) is 0 Å². The average molecular weight is 293 g/mol. The van der Waals surface area contributed by atoms with Crippen molar-refractivity contribution in [3.8, 4) is 0 Å². The molecule has 2 nitrogen and oxygen atoms in total. The van der Waals surface area contributed by atoms with Gasteiger partial charge in [-0.25, -0.2) is 0 Å². The van der Waals surface area contributed by atoms with E-state index in [1.54, 1.807) is 0 Å². The van der Waals surface area contributed by atoms with Gasteiger partial charge in [0.05, 0.1) is 0 Å². The molecular weight excluding hydrogens is 277 g/mol. The van der Waals surface area contributed by atoms with Crippen LogP contribution in [0.4, 0.5) is 0 Å². The molecule has 0 radical (unpaired) electrons. The molecule has 0 amide bonds. The summed E-state index contributed by atoms with van der Waals surface area (Å²) in [5, 5.41) is 1.25. The van der Waals surface area contributed by atoms with Crippen LogP contribution in [-0.4, -0.2) is 14.5 Å². The normalized spacial score (nSPS) is 17.4. The Morgan fingerprint density at radius 3 is 2.71 bits per heavy atom. The van der Waals surface area contributed by atoms with Crippen LogP contribution in [0.5, 0.6) is 0 Å². The predicted octanol–water partition coefficient (Wildman–Crippen LogP) is 2.05. The molecule has 0 aliphatic heterocycles. The molecule has 88 valence electrons. The van der Waals surface area contributed by atoms with Crippen LogP contribution in [-0.2, 0) is 0 Å². The molecule has 1 saturated carbocycles. The van der Waals surface area contributed by atoms with E-state index in [1.807, 2.05) is 10.6 Å². The van der Waals surface area contributed by atoms with Gasteiger partial charge in [0.25, 0.3) is 0 Å². The number of nitrogens with zero attached hydrogens (tertiary/aromatic N) is 1. The molecular formula is C14H16NOSe+. The quantitative estimate of drug-likeness (QED) is 0.582. The van der Waals surface area contributed by atoms with Crippen LogP contribution < -0.4 is 9.00 Å². The average Bonchev–Trinajstić information content (AvgIpc) is 2.39. The fourth-order valence-electron chi connectivity index (χ4n) is 2.64. The first-order valence-corrected chi connectivity index (χ1v) is 8.00. The van der Waals surface area contributed by atoms with Crippen molar-refractivity contribution in [2.24, 2.45) is 0 Å². The summed E-state index contributed by atoms with van der Waals surface area (Å²) in [6.45, 7) is 0. The van der Waals surface area contributed by atoms with Gasteiger partial charge in [-0.2, -0.15) is 0 Å². The predicted molar refractivity (Wildman–Crippen MR) is 69.5 cm³/mol. The Morgan fingerprint density at radius 2 is 1.88 bits per heavy atom. The van der Waals surface area contributed by atoms with Gasteiger partial charge in [0.15, 0.2) is 0 Å². The van der Waals surface area contributed by atoms with Crippen molar-refractivity contribution >= 4 is 24.1 Å². The van der Waals surface area contributed by atoms with E-state index in [-0.39, 0.29) is 14.5 Å². The van der Waals surface area contributed by atoms with Crippen molar-refractivity contribution in [1.29, 1.82) is 0 Å². The Morgan fingerprint density at radius 1 is 1.12 bits per heavy atom. The number of fused-ring (bicyclic) bond motifs is 1. The topological polar surface area (TPSA) is 20.9 Å². The molecule has 0 bridgehead atoms. The Labute approximate surface area is 107 Å². The molecule has 0 saturated heterocycles.